The van der Waals surface area contributed by atoms with E-state index in [-0.39, 0.29) is 17.9 Å². The van der Waals surface area contributed by atoms with Crippen molar-refractivity contribution >= 4 is 23.3 Å². The summed E-state index contributed by atoms with van der Waals surface area (Å²) in [5, 5.41) is 6.06. The molecule has 1 atom stereocenters. The molecular weight excluding hydrogens is 317 g/mol. The summed E-state index contributed by atoms with van der Waals surface area (Å²) in [6, 6.07) is 12.8. The van der Waals surface area contributed by atoms with Crippen LogP contribution in [0.2, 0.25) is 5.02 Å². The smallest absolute Gasteiger partial charge is 0.319 e. The quantitative estimate of drug-likeness (QED) is 0.870. The van der Waals surface area contributed by atoms with Gasteiger partial charge in [-0.05, 0) is 50.0 Å². The molecule has 0 bridgehead atoms. The first-order chi connectivity index (χ1) is 11.0. The minimum atomic E-state index is -0.337. The predicted octanol–water partition coefficient (Wildman–Crippen LogP) is 3.90. The lowest BCUT2D eigenvalue weighted by Crippen LogP contribution is -2.36. The van der Waals surface area contributed by atoms with Crippen molar-refractivity contribution in [3.63, 3.8) is 0 Å². The largest absolute Gasteiger partial charge is 0.336 e. The highest BCUT2D eigenvalue weighted by atomic mass is 35.5. The van der Waals surface area contributed by atoms with Gasteiger partial charge in [0.1, 0.15) is 5.82 Å². The van der Waals surface area contributed by atoms with E-state index in [1.54, 1.807) is 30.3 Å². The highest BCUT2D eigenvalue weighted by Gasteiger charge is 2.15. The van der Waals surface area contributed by atoms with E-state index in [0.717, 1.165) is 5.56 Å². The molecule has 0 aliphatic heterocycles. The molecule has 0 saturated carbocycles. The zero-order chi connectivity index (χ0) is 16.8. The predicted molar refractivity (Wildman–Crippen MR) is 91.3 cm³/mol. The third-order valence-electron chi connectivity index (χ3n) is 3.40. The first kappa shape index (κ1) is 17.2. The molecule has 0 aromatic heterocycles. The van der Waals surface area contributed by atoms with Gasteiger partial charge in [-0.15, -0.1) is 0 Å². The van der Waals surface area contributed by atoms with Crippen LogP contribution in [0.4, 0.5) is 14.9 Å². The maximum Gasteiger partial charge on any atom is 0.319 e. The lowest BCUT2D eigenvalue weighted by atomic mass is 10.1. The van der Waals surface area contributed by atoms with Gasteiger partial charge in [0.25, 0.3) is 0 Å². The summed E-state index contributed by atoms with van der Waals surface area (Å²) >= 11 is 5.88. The molecule has 2 amide bonds. The zero-order valence-corrected chi connectivity index (χ0v) is 13.8. The molecule has 2 N–H and O–H groups in total. The van der Waals surface area contributed by atoms with Crippen LogP contribution in [0.5, 0.6) is 0 Å². The second-order valence-corrected chi connectivity index (χ2v) is 5.82. The van der Waals surface area contributed by atoms with E-state index < -0.39 is 0 Å². The third-order valence-corrected chi connectivity index (χ3v) is 3.63. The van der Waals surface area contributed by atoms with Crippen molar-refractivity contribution in [2.75, 3.05) is 26.0 Å². The number of nitrogens with zero attached hydrogens (tertiary/aromatic N) is 1. The molecule has 0 spiro atoms. The van der Waals surface area contributed by atoms with E-state index in [4.69, 9.17) is 11.6 Å². The summed E-state index contributed by atoms with van der Waals surface area (Å²) in [5.74, 6) is -0.294. The highest BCUT2D eigenvalue weighted by molar-refractivity contribution is 6.30. The van der Waals surface area contributed by atoms with Gasteiger partial charge < -0.3 is 15.5 Å². The summed E-state index contributed by atoms with van der Waals surface area (Å²) in [5.41, 5.74) is 1.42. The van der Waals surface area contributed by atoms with Crippen LogP contribution < -0.4 is 10.6 Å². The van der Waals surface area contributed by atoms with Crippen molar-refractivity contribution in [3.8, 4) is 0 Å². The molecule has 0 aliphatic carbocycles. The second-order valence-electron chi connectivity index (χ2n) is 5.38. The average molecular weight is 336 g/mol. The van der Waals surface area contributed by atoms with Crippen LogP contribution in [-0.4, -0.2) is 31.6 Å². The third kappa shape index (κ3) is 5.23. The molecule has 6 heteroatoms. The summed E-state index contributed by atoms with van der Waals surface area (Å²) < 4.78 is 13.4. The standard InChI is InChI=1S/C17H19ClFN3O/c1-22(2)16(12-5-3-7-14(19)9-12)11-20-17(23)21-15-8-4-6-13(18)10-15/h3-10,16H,11H2,1-2H3,(H2,20,21,23). The van der Waals surface area contributed by atoms with Crippen molar-refractivity contribution in [2.24, 2.45) is 0 Å². The Labute approximate surface area is 140 Å². The summed E-state index contributed by atoms with van der Waals surface area (Å²) in [6.07, 6.45) is 0. The molecular formula is C17H19ClFN3O. The highest BCUT2D eigenvalue weighted by Crippen LogP contribution is 2.18. The number of anilines is 1. The number of nitrogens with one attached hydrogen (secondary N) is 2. The van der Waals surface area contributed by atoms with Gasteiger partial charge in [-0.25, -0.2) is 9.18 Å². The normalized spacial score (nSPS) is 12.0. The van der Waals surface area contributed by atoms with E-state index in [0.29, 0.717) is 17.3 Å². The van der Waals surface area contributed by atoms with E-state index in [2.05, 4.69) is 10.6 Å². The number of rotatable bonds is 5. The van der Waals surface area contributed by atoms with Crippen LogP contribution in [0.25, 0.3) is 0 Å². The SMILES string of the molecule is CN(C)C(CNC(=O)Nc1cccc(Cl)c1)c1cccc(F)c1. The fourth-order valence-corrected chi connectivity index (χ4v) is 2.43. The lowest BCUT2D eigenvalue weighted by Gasteiger charge is -2.25. The molecule has 0 saturated heterocycles. The fraction of sp³-hybridized carbons (Fsp3) is 0.235. The zero-order valence-electron chi connectivity index (χ0n) is 13.0. The second kappa shape index (κ2) is 7.94. The Morgan fingerprint density at radius 2 is 1.96 bits per heavy atom. The van der Waals surface area contributed by atoms with Crippen molar-refractivity contribution in [2.45, 2.75) is 6.04 Å². The molecule has 2 aromatic carbocycles. The number of hydrogen-bond donors (Lipinski definition) is 2. The molecule has 0 radical (unpaired) electrons. The summed E-state index contributed by atoms with van der Waals surface area (Å²) in [4.78, 5) is 13.9. The Morgan fingerprint density at radius 3 is 2.61 bits per heavy atom. The molecule has 0 heterocycles. The Kier molecular flexibility index (Phi) is 5.96. The van der Waals surface area contributed by atoms with Crippen molar-refractivity contribution in [1.82, 2.24) is 10.2 Å². The van der Waals surface area contributed by atoms with Gasteiger partial charge in [-0.1, -0.05) is 29.8 Å². The van der Waals surface area contributed by atoms with Crippen molar-refractivity contribution in [3.05, 3.63) is 64.9 Å². The van der Waals surface area contributed by atoms with Crippen LogP contribution in [0.3, 0.4) is 0 Å². The monoisotopic (exact) mass is 335 g/mol. The number of hydrogen-bond acceptors (Lipinski definition) is 2. The van der Waals surface area contributed by atoms with Crippen molar-refractivity contribution < 1.29 is 9.18 Å². The number of carbonyl (C=O) groups is 1. The van der Waals surface area contributed by atoms with E-state index in [1.165, 1.54) is 12.1 Å². The molecule has 4 nitrogen and oxygen atoms in total. The number of amides is 2. The Balaban J connectivity index is 1.97. The topological polar surface area (TPSA) is 44.4 Å². The Bertz CT molecular complexity index is 678. The average Bonchev–Trinajstić information content (AvgIpc) is 2.47. The van der Waals surface area contributed by atoms with Crippen LogP contribution in [0.1, 0.15) is 11.6 Å². The maximum absolute atomic E-state index is 13.4. The minimum Gasteiger partial charge on any atom is -0.336 e. The molecule has 122 valence electrons. The number of urea groups is 1. The van der Waals surface area contributed by atoms with Gasteiger partial charge in [-0.3, -0.25) is 0 Å². The number of benzene rings is 2. The summed E-state index contributed by atoms with van der Waals surface area (Å²) in [6.45, 7) is 0.350. The van der Waals surface area contributed by atoms with Crippen molar-refractivity contribution in [1.29, 1.82) is 0 Å². The fourth-order valence-electron chi connectivity index (χ4n) is 2.24. The molecule has 2 aromatic rings. The van der Waals surface area contributed by atoms with Crippen LogP contribution in [-0.2, 0) is 0 Å². The first-order valence-electron chi connectivity index (χ1n) is 7.18. The Hall–Kier alpha value is -2.11. The van der Waals surface area contributed by atoms with E-state index >= 15 is 0 Å². The molecule has 0 aliphatic rings. The van der Waals surface area contributed by atoms with Gasteiger partial charge >= 0.3 is 6.03 Å². The maximum atomic E-state index is 13.4. The number of carbonyl (C=O) groups excluding carboxylic acids is 1. The first-order valence-corrected chi connectivity index (χ1v) is 7.56. The molecule has 23 heavy (non-hydrogen) atoms. The van der Waals surface area contributed by atoms with Gasteiger partial charge in [0.2, 0.25) is 0 Å². The van der Waals surface area contributed by atoms with Crippen LogP contribution in [0.15, 0.2) is 48.5 Å². The molecule has 1 unspecified atom stereocenters. The minimum absolute atomic E-state index is 0.129. The van der Waals surface area contributed by atoms with Gasteiger partial charge in [0.15, 0.2) is 0 Å². The van der Waals surface area contributed by atoms with Gasteiger partial charge in [0, 0.05) is 17.3 Å². The molecule has 2 rings (SSSR count). The van der Waals surface area contributed by atoms with E-state index in [1.807, 2.05) is 25.1 Å². The lowest BCUT2D eigenvalue weighted by molar-refractivity contribution is 0.243. The number of likely N-dealkylation sites (N-methyl/N-ethyl adjacent to an activating group) is 1. The Morgan fingerprint density at radius 1 is 1.22 bits per heavy atom. The molecule has 0 fully saturated rings. The van der Waals surface area contributed by atoms with E-state index in [9.17, 15) is 9.18 Å². The van der Waals surface area contributed by atoms with Crippen LogP contribution >= 0.6 is 11.6 Å². The summed E-state index contributed by atoms with van der Waals surface area (Å²) in [7, 11) is 3.76. The van der Waals surface area contributed by atoms with Crippen LogP contribution in [0, 0.1) is 5.82 Å². The number of halogens is 2. The van der Waals surface area contributed by atoms with Gasteiger partial charge in [-0.2, -0.15) is 0 Å². The van der Waals surface area contributed by atoms with Gasteiger partial charge in [0.05, 0.1) is 6.04 Å².